The van der Waals surface area contributed by atoms with Gasteiger partial charge < -0.3 is 14.5 Å². The lowest BCUT2D eigenvalue weighted by Gasteiger charge is -2.34. The van der Waals surface area contributed by atoms with E-state index < -0.39 is 0 Å². The number of hydrogen-bond donors (Lipinski definition) is 0. The van der Waals surface area contributed by atoms with Crippen LogP contribution >= 0.6 is 11.3 Å². The van der Waals surface area contributed by atoms with Crippen molar-refractivity contribution in [3.05, 3.63) is 18.2 Å². The molecule has 112 valence electrons. The van der Waals surface area contributed by atoms with Crippen molar-refractivity contribution in [1.29, 1.82) is 0 Å². The fraction of sp³-hybridized carbons (Fsp3) is 0.467. The summed E-state index contributed by atoms with van der Waals surface area (Å²) >= 11 is 1.68. The van der Waals surface area contributed by atoms with Crippen molar-refractivity contribution in [1.82, 2.24) is 9.88 Å². The number of nitrogens with zero attached hydrogens (tertiary/aromatic N) is 3. The minimum absolute atomic E-state index is 0.240. The van der Waals surface area contributed by atoms with Crippen molar-refractivity contribution in [2.75, 3.05) is 38.2 Å². The van der Waals surface area contributed by atoms with Crippen LogP contribution < -0.4 is 9.64 Å². The lowest BCUT2D eigenvalue weighted by atomic mass is 10.3. The minimum Gasteiger partial charge on any atom is -0.497 e. The number of thiazole rings is 1. The largest absolute Gasteiger partial charge is 0.497 e. The molecule has 0 unspecified atom stereocenters. The van der Waals surface area contributed by atoms with Crippen molar-refractivity contribution in [2.45, 2.75) is 13.3 Å². The van der Waals surface area contributed by atoms with E-state index in [-0.39, 0.29) is 5.91 Å². The molecule has 1 fully saturated rings. The molecular weight excluding hydrogens is 286 g/mol. The van der Waals surface area contributed by atoms with E-state index in [1.54, 1.807) is 18.4 Å². The fourth-order valence-corrected chi connectivity index (χ4v) is 3.57. The van der Waals surface area contributed by atoms with Crippen LogP contribution in [0, 0.1) is 0 Å². The highest BCUT2D eigenvalue weighted by atomic mass is 32.1. The van der Waals surface area contributed by atoms with Crippen LogP contribution in [-0.4, -0.2) is 49.1 Å². The SMILES string of the molecule is CCC(=O)N1CCN(c2nc3ccc(OC)cc3s2)CC1. The standard InChI is InChI=1S/C15H19N3O2S/c1-3-14(19)17-6-8-18(9-7-17)15-16-12-5-4-11(20-2)10-13(12)21-15/h4-5,10H,3,6-9H2,1-2H3. The van der Waals surface area contributed by atoms with E-state index in [0.717, 1.165) is 47.3 Å². The molecule has 1 aromatic heterocycles. The summed E-state index contributed by atoms with van der Waals surface area (Å²) in [5.74, 6) is 1.10. The maximum Gasteiger partial charge on any atom is 0.222 e. The molecule has 0 spiro atoms. The van der Waals surface area contributed by atoms with E-state index >= 15 is 0 Å². The number of ether oxygens (including phenoxy) is 1. The average Bonchev–Trinajstić information content (AvgIpc) is 2.97. The summed E-state index contributed by atoms with van der Waals surface area (Å²) in [5, 5.41) is 1.03. The quantitative estimate of drug-likeness (QED) is 0.873. The second kappa shape index (κ2) is 5.89. The number of hydrogen-bond acceptors (Lipinski definition) is 5. The summed E-state index contributed by atoms with van der Waals surface area (Å²) in [5.41, 5.74) is 1.00. The number of benzene rings is 1. The van der Waals surface area contributed by atoms with Crippen LogP contribution in [-0.2, 0) is 4.79 Å². The maximum atomic E-state index is 11.7. The Morgan fingerprint density at radius 1 is 1.33 bits per heavy atom. The lowest BCUT2D eigenvalue weighted by Crippen LogP contribution is -2.48. The number of fused-ring (bicyclic) bond motifs is 1. The van der Waals surface area contributed by atoms with Crippen LogP contribution in [0.25, 0.3) is 10.2 Å². The summed E-state index contributed by atoms with van der Waals surface area (Å²) in [6, 6.07) is 5.95. The Bertz CT molecular complexity index is 647. The van der Waals surface area contributed by atoms with Crippen molar-refractivity contribution in [2.24, 2.45) is 0 Å². The molecule has 1 aromatic carbocycles. The van der Waals surface area contributed by atoms with Crippen molar-refractivity contribution < 1.29 is 9.53 Å². The Kier molecular flexibility index (Phi) is 3.96. The number of piperazine rings is 1. The number of carbonyl (C=O) groups excluding carboxylic acids is 1. The Morgan fingerprint density at radius 2 is 2.10 bits per heavy atom. The zero-order chi connectivity index (χ0) is 14.8. The average molecular weight is 305 g/mol. The van der Waals surface area contributed by atoms with Gasteiger partial charge in [-0.25, -0.2) is 4.98 Å². The topological polar surface area (TPSA) is 45.7 Å². The van der Waals surface area contributed by atoms with Gasteiger partial charge in [0.15, 0.2) is 5.13 Å². The number of methoxy groups -OCH3 is 1. The van der Waals surface area contributed by atoms with Crippen molar-refractivity contribution in [3.63, 3.8) is 0 Å². The van der Waals surface area contributed by atoms with Crippen molar-refractivity contribution in [3.8, 4) is 5.75 Å². The highest BCUT2D eigenvalue weighted by Gasteiger charge is 2.22. The van der Waals surface area contributed by atoms with Gasteiger partial charge in [-0.2, -0.15) is 0 Å². The van der Waals surface area contributed by atoms with Gasteiger partial charge in [-0.15, -0.1) is 0 Å². The Balaban J connectivity index is 1.74. The first-order valence-corrected chi connectivity index (χ1v) is 8.00. The number of rotatable bonds is 3. The summed E-state index contributed by atoms with van der Waals surface area (Å²) in [4.78, 5) is 20.6. The van der Waals surface area contributed by atoms with Gasteiger partial charge in [0.05, 0.1) is 17.3 Å². The lowest BCUT2D eigenvalue weighted by molar-refractivity contribution is -0.131. The third kappa shape index (κ3) is 2.81. The van der Waals surface area contributed by atoms with Crippen LogP contribution in [0.1, 0.15) is 13.3 Å². The molecule has 2 aromatic rings. The molecule has 0 saturated carbocycles. The molecule has 1 amide bonds. The first kappa shape index (κ1) is 14.1. The van der Waals surface area contributed by atoms with E-state index in [9.17, 15) is 4.79 Å². The van der Waals surface area contributed by atoms with Crippen LogP contribution in [0.2, 0.25) is 0 Å². The minimum atomic E-state index is 0.240. The summed E-state index contributed by atoms with van der Waals surface area (Å²) < 4.78 is 6.39. The first-order valence-electron chi connectivity index (χ1n) is 7.18. The monoisotopic (exact) mass is 305 g/mol. The zero-order valence-electron chi connectivity index (χ0n) is 12.3. The highest BCUT2D eigenvalue weighted by molar-refractivity contribution is 7.22. The van der Waals surface area contributed by atoms with Gasteiger partial charge in [-0.1, -0.05) is 18.3 Å². The predicted molar refractivity (Wildman–Crippen MR) is 85.3 cm³/mol. The van der Waals surface area contributed by atoms with Gasteiger partial charge in [0.25, 0.3) is 0 Å². The molecule has 5 nitrogen and oxygen atoms in total. The Hall–Kier alpha value is -1.82. The Labute approximate surface area is 128 Å². The van der Waals surface area contributed by atoms with E-state index in [1.807, 2.05) is 30.0 Å². The van der Waals surface area contributed by atoms with E-state index in [1.165, 1.54) is 0 Å². The zero-order valence-corrected chi connectivity index (χ0v) is 13.2. The van der Waals surface area contributed by atoms with Gasteiger partial charge in [0.1, 0.15) is 5.75 Å². The van der Waals surface area contributed by atoms with Crippen LogP contribution in [0.3, 0.4) is 0 Å². The van der Waals surface area contributed by atoms with E-state index in [0.29, 0.717) is 6.42 Å². The Morgan fingerprint density at radius 3 is 2.76 bits per heavy atom. The smallest absolute Gasteiger partial charge is 0.222 e. The predicted octanol–water partition coefficient (Wildman–Crippen LogP) is 2.36. The van der Waals surface area contributed by atoms with Crippen LogP contribution in [0.5, 0.6) is 5.75 Å². The third-order valence-corrected chi connectivity index (χ3v) is 4.87. The number of anilines is 1. The molecule has 1 aliphatic heterocycles. The second-order valence-electron chi connectivity index (χ2n) is 5.05. The molecule has 1 aliphatic rings. The van der Waals surface area contributed by atoms with E-state index in [2.05, 4.69) is 9.88 Å². The molecule has 6 heteroatoms. The molecule has 3 rings (SSSR count). The normalized spacial score (nSPS) is 15.5. The van der Waals surface area contributed by atoms with Crippen LogP contribution in [0.4, 0.5) is 5.13 Å². The number of amides is 1. The maximum absolute atomic E-state index is 11.7. The van der Waals surface area contributed by atoms with Crippen LogP contribution in [0.15, 0.2) is 18.2 Å². The summed E-state index contributed by atoms with van der Waals surface area (Å²) in [6.07, 6.45) is 0.584. The van der Waals surface area contributed by atoms with Gasteiger partial charge in [0, 0.05) is 32.6 Å². The second-order valence-corrected chi connectivity index (χ2v) is 6.06. The number of carbonyl (C=O) groups is 1. The van der Waals surface area contributed by atoms with Gasteiger partial charge >= 0.3 is 0 Å². The third-order valence-electron chi connectivity index (χ3n) is 3.79. The molecule has 0 aliphatic carbocycles. The highest BCUT2D eigenvalue weighted by Crippen LogP contribution is 2.31. The molecule has 0 N–H and O–H groups in total. The van der Waals surface area contributed by atoms with Crippen molar-refractivity contribution >= 4 is 32.6 Å². The molecule has 2 heterocycles. The fourth-order valence-electron chi connectivity index (χ4n) is 2.53. The number of aromatic nitrogens is 1. The molecule has 0 radical (unpaired) electrons. The summed E-state index contributed by atoms with van der Waals surface area (Å²) in [7, 11) is 1.67. The van der Waals surface area contributed by atoms with Gasteiger partial charge in [-0.05, 0) is 18.2 Å². The molecular formula is C15H19N3O2S. The molecule has 0 bridgehead atoms. The van der Waals surface area contributed by atoms with E-state index in [4.69, 9.17) is 4.74 Å². The summed E-state index contributed by atoms with van der Waals surface area (Å²) in [6.45, 7) is 5.18. The first-order chi connectivity index (χ1) is 10.2. The molecule has 21 heavy (non-hydrogen) atoms. The molecule has 0 atom stereocenters. The molecule has 1 saturated heterocycles. The van der Waals surface area contributed by atoms with Gasteiger partial charge in [-0.3, -0.25) is 4.79 Å². The van der Waals surface area contributed by atoms with Gasteiger partial charge in [0.2, 0.25) is 5.91 Å².